The van der Waals surface area contributed by atoms with E-state index in [1.54, 1.807) is 6.07 Å². The summed E-state index contributed by atoms with van der Waals surface area (Å²) in [5, 5.41) is 8.65. The third-order valence-corrected chi connectivity index (χ3v) is 1.55. The first-order valence-corrected chi connectivity index (χ1v) is 3.46. The molecule has 1 aromatic carbocycles. The van der Waals surface area contributed by atoms with Crippen LogP contribution in [0.5, 0.6) is 0 Å². The Morgan fingerprint density at radius 1 is 1.50 bits per heavy atom. The predicted molar refractivity (Wildman–Crippen MR) is 39.9 cm³/mol. The molecule has 0 amide bonds. The lowest BCUT2D eigenvalue weighted by Crippen LogP contribution is -1.80. The highest BCUT2D eigenvalue weighted by Gasteiger charge is 2.07. The van der Waals surface area contributed by atoms with Crippen LogP contribution in [-0.4, -0.2) is 10.1 Å². The second-order valence-corrected chi connectivity index (χ2v) is 2.35. The highest BCUT2D eigenvalue weighted by atomic mass is 19.1. The van der Waals surface area contributed by atoms with E-state index < -0.39 is 5.82 Å². The minimum atomic E-state index is -0.434. The number of rotatable bonds is 1. The Bertz CT molecular complexity index is 410. The van der Waals surface area contributed by atoms with Gasteiger partial charge in [-0.2, -0.15) is 0 Å². The molecule has 12 heavy (non-hydrogen) atoms. The van der Waals surface area contributed by atoms with Crippen molar-refractivity contribution < 1.29 is 13.9 Å². The monoisotopic (exact) mass is 167 g/mol. The Kier molecular flexibility index (Phi) is 1.55. The largest absolute Gasteiger partial charge is 0.438 e. The van der Waals surface area contributed by atoms with E-state index in [0.717, 1.165) is 0 Å². The van der Waals surface area contributed by atoms with E-state index in [-0.39, 0.29) is 18.0 Å². The summed E-state index contributed by atoms with van der Waals surface area (Å²) in [6, 6.07) is 4.43. The second-order valence-electron chi connectivity index (χ2n) is 2.35. The Morgan fingerprint density at radius 3 is 3.00 bits per heavy atom. The lowest BCUT2D eigenvalue weighted by atomic mass is 10.3. The summed E-state index contributed by atoms with van der Waals surface area (Å²) in [4.78, 5) is 3.74. The van der Waals surface area contributed by atoms with E-state index in [1.165, 1.54) is 12.1 Å². The molecule has 3 nitrogen and oxygen atoms in total. The van der Waals surface area contributed by atoms with Gasteiger partial charge in [-0.25, -0.2) is 9.37 Å². The number of aliphatic hydroxyl groups is 1. The normalized spacial score (nSPS) is 10.8. The van der Waals surface area contributed by atoms with E-state index in [0.29, 0.717) is 5.58 Å². The molecule has 4 heteroatoms. The van der Waals surface area contributed by atoms with Gasteiger partial charge >= 0.3 is 0 Å². The molecule has 0 unspecified atom stereocenters. The molecule has 0 atom stereocenters. The molecule has 2 aromatic rings. The molecule has 0 aliphatic rings. The predicted octanol–water partition coefficient (Wildman–Crippen LogP) is 1.46. The molecule has 62 valence electrons. The van der Waals surface area contributed by atoms with Crippen molar-refractivity contribution in [3.63, 3.8) is 0 Å². The molecule has 0 aliphatic carbocycles. The van der Waals surface area contributed by atoms with Crippen LogP contribution in [0.4, 0.5) is 4.39 Å². The standard InChI is InChI=1S/C8H6FNO2/c9-5-2-1-3-6-8(5)10-7(4-11)12-6/h1-3,11H,4H2. The van der Waals surface area contributed by atoms with Crippen molar-refractivity contribution in [2.75, 3.05) is 0 Å². The van der Waals surface area contributed by atoms with E-state index >= 15 is 0 Å². The molecular weight excluding hydrogens is 161 g/mol. The van der Waals surface area contributed by atoms with Gasteiger partial charge in [0.15, 0.2) is 11.4 Å². The number of hydrogen-bond acceptors (Lipinski definition) is 3. The maximum atomic E-state index is 12.9. The Hall–Kier alpha value is -1.42. The van der Waals surface area contributed by atoms with Crippen molar-refractivity contribution >= 4 is 11.1 Å². The van der Waals surface area contributed by atoms with Gasteiger partial charge in [0.05, 0.1) is 0 Å². The summed E-state index contributed by atoms with van der Waals surface area (Å²) in [7, 11) is 0. The lowest BCUT2D eigenvalue weighted by Gasteiger charge is -1.85. The first-order valence-electron chi connectivity index (χ1n) is 3.46. The fraction of sp³-hybridized carbons (Fsp3) is 0.125. The van der Waals surface area contributed by atoms with Gasteiger partial charge in [-0.1, -0.05) is 6.07 Å². The Labute approximate surface area is 67.5 Å². The third-order valence-electron chi connectivity index (χ3n) is 1.55. The van der Waals surface area contributed by atoms with E-state index in [1.807, 2.05) is 0 Å². The zero-order chi connectivity index (χ0) is 8.55. The number of para-hydroxylation sites is 1. The summed E-state index contributed by atoms with van der Waals surface area (Å²) < 4.78 is 17.9. The van der Waals surface area contributed by atoms with Crippen molar-refractivity contribution in [1.82, 2.24) is 4.98 Å². The minimum absolute atomic E-state index is 0.134. The molecule has 0 aliphatic heterocycles. The molecule has 0 saturated heterocycles. The van der Waals surface area contributed by atoms with Crippen molar-refractivity contribution in [3.8, 4) is 0 Å². The number of hydrogen-bond donors (Lipinski definition) is 1. The highest BCUT2D eigenvalue weighted by molar-refractivity contribution is 5.72. The van der Waals surface area contributed by atoms with Gasteiger partial charge in [0.1, 0.15) is 12.1 Å². The summed E-state index contributed by atoms with van der Waals surface area (Å²) >= 11 is 0. The zero-order valence-corrected chi connectivity index (χ0v) is 6.12. The smallest absolute Gasteiger partial charge is 0.221 e. The summed E-state index contributed by atoms with van der Waals surface area (Å²) in [5.74, 6) is -0.300. The van der Waals surface area contributed by atoms with Crippen molar-refractivity contribution in [2.45, 2.75) is 6.61 Å². The second kappa shape index (κ2) is 2.57. The van der Waals surface area contributed by atoms with Gasteiger partial charge < -0.3 is 9.52 Å². The first kappa shape index (κ1) is 7.24. The van der Waals surface area contributed by atoms with Crippen LogP contribution in [0, 0.1) is 5.82 Å². The molecule has 0 fully saturated rings. The molecule has 0 saturated carbocycles. The van der Waals surface area contributed by atoms with Gasteiger partial charge in [0.25, 0.3) is 0 Å². The number of halogens is 1. The number of fused-ring (bicyclic) bond motifs is 1. The quantitative estimate of drug-likeness (QED) is 0.699. The first-order chi connectivity index (χ1) is 5.81. The molecule has 1 N–H and O–H groups in total. The van der Waals surface area contributed by atoms with Gasteiger partial charge in [-0.05, 0) is 12.1 Å². The lowest BCUT2D eigenvalue weighted by molar-refractivity contribution is 0.244. The molecule has 1 aromatic heterocycles. The van der Waals surface area contributed by atoms with Gasteiger partial charge in [-0.3, -0.25) is 0 Å². The topological polar surface area (TPSA) is 46.3 Å². The van der Waals surface area contributed by atoms with E-state index in [2.05, 4.69) is 4.98 Å². The van der Waals surface area contributed by atoms with Crippen LogP contribution < -0.4 is 0 Å². The third kappa shape index (κ3) is 0.967. The fourth-order valence-corrected chi connectivity index (χ4v) is 1.03. The van der Waals surface area contributed by atoms with Gasteiger partial charge in [0, 0.05) is 0 Å². The number of aromatic nitrogens is 1. The summed E-state index contributed by atoms with van der Waals surface area (Å²) in [5.41, 5.74) is 0.528. The fourth-order valence-electron chi connectivity index (χ4n) is 1.03. The number of oxazole rings is 1. The molecule has 0 radical (unpaired) electrons. The van der Waals surface area contributed by atoms with Gasteiger partial charge in [-0.15, -0.1) is 0 Å². The van der Waals surface area contributed by atoms with Crippen LogP contribution in [0.2, 0.25) is 0 Å². The van der Waals surface area contributed by atoms with E-state index in [9.17, 15) is 4.39 Å². The molecule has 0 spiro atoms. The van der Waals surface area contributed by atoms with Crippen LogP contribution >= 0.6 is 0 Å². The number of aliphatic hydroxyl groups excluding tert-OH is 1. The molecule has 2 rings (SSSR count). The SMILES string of the molecule is OCc1nc2c(F)cccc2o1. The van der Waals surface area contributed by atoms with Crippen LogP contribution in [0.3, 0.4) is 0 Å². The maximum Gasteiger partial charge on any atom is 0.221 e. The van der Waals surface area contributed by atoms with E-state index in [4.69, 9.17) is 9.52 Å². The highest BCUT2D eigenvalue weighted by Crippen LogP contribution is 2.17. The molecular formula is C8H6FNO2. The van der Waals surface area contributed by atoms with Crippen molar-refractivity contribution in [2.24, 2.45) is 0 Å². The van der Waals surface area contributed by atoms with Crippen LogP contribution in [0.15, 0.2) is 22.6 Å². The zero-order valence-electron chi connectivity index (χ0n) is 6.12. The molecule has 1 heterocycles. The number of benzene rings is 1. The van der Waals surface area contributed by atoms with Crippen LogP contribution in [0.25, 0.3) is 11.1 Å². The van der Waals surface area contributed by atoms with Crippen LogP contribution in [-0.2, 0) is 6.61 Å². The summed E-state index contributed by atoms with van der Waals surface area (Å²) in [6.45, 7) is -0.311. The average Bonchev–Trinajstić information content (AvgIpc) is 2.49. The molecule has 0 bridgehead atoms. The Morgan fingerprint density at radius 2 is 2.33 bits per heavy atom. The van der Waals surface area contributed by atoms with Gasteiger partial charge in [0.2, 0.25) is 5.89 Å². The Balaban J connectivity index is 2.74. The minimum Gasteiger partial charge on any atom is -0.438 e. The van der Waals surface area contributed by atoms with Crippen molar-refractivity contribution in [3.05, 3.63) is 29.9 Å². The summed E-state index contributed by atoms with van der Waals surface area (Å²) in [6.07, 6.45) is 0. The maximum absolute atomic E-state index is 12.9. The van der Waals surface area contributed by atoms with Crippen molar-refractivity contribution in [1.29, 1.82) is 0 Å². The number of nitrogens with zero attached hydrogens (tertiary/aromatic N) is 1. The average molecular weight is 167 g/mol. The van der Waals surface area contributed by atoms with Crippen LogP contribution in [0.1, 0.15) is 5.89 Å².